The van der Waals surface area contributed by atoms with Gasteiger partial charge >= 0.3 is 5.97 Å². The van der Waals surface area contributed by atoms with E-state index in [-0.39, 0.29) is 12.6 Å². The maximum atomic E-state index is 11.9. The van der Waals surface area contributed by atoms with E-state index in [0.29, 0.717) is 5.02 Å². The monoisotopic (exact) mass is 322 g/mol. The molecule has 0 unspecified atom stereocenters. The molecule has 3 aromatic rings. The predicted molar refractivity (Wildman–Crippen MR) is 94.2 cm³/mol. The number of esters is 1. The van der Waals surface area contributed by atoms with Crippen LogP contribution in [0, 0.1) is 0 Å². The molecule has 0 amide bonds. The zero-order valence-electron chi connectivity index (χ0n) is 12.4. The number of carbonyl (C=O) groups is 1. The Labute approximate surface area is 140 Å². The van der Waals surface area contributed by atoms with Gasteiger partial charge in [-0.2, -0.15) is 0 Å². The summed E-state index contributed by atoms with van der Waals surface area (Å²) in [5, 5.41) is 2.91. The lowest BCUT2D eigenvalue weighted by Gasteiger charge is -2.06. The predicted octanol–water partition coefficient (Wildman–Crippen LogP) is 5.25. The zero-order chi connectivity index (χ0) is 16.1. The van der Waals surface area contributed by atoms with Gasteiger partial charge < -0.3 is 4.74 Å². The minimum atomic E-state index is -0.368. The van der Waals surface area contributed by atoms with E-state index >= 15 is 0 Å². The van der Waals surface area contributed by atoms with E-state index in [1.54, 1.807) is 18.2 Å². The molecule has 0 N–H and O–H groups in total. The standard InChI is InChI=1S/C20H15ClO2/c21-18-11-8-15(9-12-18)10-13-20(22)23-14-17-6-3-5-16-4-1-2-7-19(16)17/h1-13H,14H2/b13-10+. The third-order valence-corrected chi connectivity index (χ3v) is 3.78. The number of halogens is 1. The summed E-state index contributed by atoms with van der Waals surface area (Å²) in [5.74, 6) is -0.368. The van der Waals surface area contributed by atoms with Crippen LogP contribution in [0.3, 0.4) is 0 Å². The van der Waals surface area contributed by atoms with Gasteiger partial charge in [0.05, 0.1) is 0 Å². The van der Waals surface area contributed by atoms with Gasteiger partial charge in [0.2, 0.25) is 0 Å². The Kier molecular flexibility index (Phi) is 4.74. The maximum Gasteiger partial charge on any atom is 0.331 e. The summed E-state index contributed by atoms with van der Waals surface area (Å²) in [5.41, 5.74) is 1.90. The van der Waals surface area contributed by atoms with Crippen LogP contribution in [0.25, 0.3) is 16.8 Å². The molecule has 0 aromatic heterocycles. The normalized spacial score (nSPS) is 11.0. The SMILES string of the molecule is O=C(/C=C/c1ccc(Cl)cc1)OCc1cccc2ccccc12. The zero-order valence-corrected chi connectivity index (χ0v) is 13.2. The van der Waals surface area contributed by atoms with Gasteiger partial charge in [0.25, 0.3) is 0 Å². The molecule has 0 bridgehead atoms. The Hall–Kier alpha value is -2.58. The topological polar surface area (TPSA) is 26.3 Å². The Morgan fingerprint density at radius 1 is 0.957 bits per heavy atom. The first-order valence-electron chi connectivity index (χ1n) is 7.29. The quantitative estimate of drug-likeness (QED) is 0.484. The number of ether oxygens (including phenoxy) is 1. The molecule has 0 heterocycles. The van der Waals surface area contributed by atoms with Crippen LogP contribution in [0.15, 0.2) is 72.8 Å². The van der Waals surface area contributed by atoms with Crippen LogP contribution in [0.1, 0.15) is 11.1 Å². The van der Waals surface area contributed by atoms with Crippen LogP contribution in [0.2, 0.25) is 5.02 Å². The highest BCUT2D eigenvalue weighted by molar-refractivity contribution is 6.30. The van der Waals surface area contributed by atoms with Gasteiger partial charge in [0.1, 0.15) is 6.61 Å². The van der Waals surface area contributed by atoms with Crippen molar-refractivity contribution < 1.29 is 9.53 Å². The average Bonchev–Trinajstić information content (AvgIpc) is 2.59. The van der Waals surface area contributed by atoms with Crippen LogP contribution >= 0.6 is 11.6 Å². The highest BCUT2D eigenvalue weighted by atomic mass is 35.5. The van der Waals surface area contributed by atoms with Crippen LogP contribution in [-0.4, -0.2) is 5.97 Å². The van der Waals surface area contributed by atoms with Crippen molar-refractivity contribution in [2.24, 2.45) is 0 Å². The fourth-order valence-electron chi connectivity index (χ4n) is 2.35. The van der Waals surface area contributed by atoms with Crippen molar-refractivity contribution in [3.63, 3.8) is 0 Å². The fourth-order valence-corrected chi connectivity index (χ4v) is 2.48. The molecule has 0 spiro atoms. The van der Waals surface area contributed by atoms with Crippen molar-refractivity contribution >= 4 is 34.4 Å². The van der Waals surface area contributed by atoms with Crippen molar-refractivity contribution in [2.45, 2.75) is 6.61 Å². The van der Waals surface area contributed by atoms with Crippen molar-refractivity contribution in [1.82, 2.24) is 0 Å². The smallest absolute Gasteiger partial charge is 0.331 e. The summed E-state index contributed by atoms with van der Waals surface area (Å²) in [7, 11) is 0. The summed E-state index contributed by atoms with van der Waals surface area (Å²) >= 11 is 5.82. The number of rotatable bonds is 4. The fraction of sp³-hybridized carbons (Fsp3) is 0.0500. The Morgan fingerprint density at radius 3 is 2.52 bits per heavy atom. The van der Waals surface area contributed by atoms with Crippen LogP contribution in [0.4, 0.5) is 0 Å². The van der Waals surface area contributed by atoms with Crippen molar-refractivity contribution in [1.29, 1.82) is 0 Å². The van der Waals surface area contributed by atoms with Crippen LogP contribution in [-0.2, 0) is 16.1 Å². The lowest BCUT2D eigenvalue weighted by atomic mass is 10.1. The lowest BCUT2D eigenvalue weighted by Crippen LogP contribution is -2.01. The first-order chi connectivity index (χ1) is 11.2. The summed E-state index contributed by atoms with van der Waals surface area (Å²) in [6.45, 7) is 0.255. The Balaban J connectivity index is 1.65. The summed E-state index contributed by atoms with van der Waals surface area (Å²) in [6.07, 6.45) is 3.14. The van der Waals surface area contributed by atoms with E-state index in [9.17, 15) is 4.79 Å². The Bertz CT molecular complexity index is 846. The highest BCUT2D eigenvalue weighted by Crippen LogP contribution is 2.19. The van der Waals surface area contributed by atoms with Gasteiger partial charge in [-0.1, -0.05) is 66.2 Å². The summed E-state index contributed by atoms with van der Waals surface area (Å²) in [4.78, 5) is 11.9. The second-order valence-electron chi connectivity index (χ2n) is 5.13. The van der Waals surface area contributed by atoms with E-state index < -0.39 is 0 Å². The van der Waals surface area contributed by atoms with Gasteiger partial charge in [-0.25, -0.2) is 4.79 Å². The first kappa shape index (κ1) is 15.3. The van der Waals surface area contributed by atoms with Crippen molar-refractivity contribution in [2.75, 3.05) is 0 Å². The second kappa shape index (κ2) is 7.12. The third kappa shape index (κ3) is 3.99. The molecule has 0 aliphatic carbocycles. The molecule has 0 atom stereocenters. The molecule has 3 rings (SSSR count). The molecule has 0 aliphatic heterocycles. The molecule has 114 valence electrons. The molecule has 0 fully saturated rings. The minimum Gasteiger partial charge on any atom is -0.458 e. The average molecular weight is 323 g/mol. The maximum absolute atomic E-state index is 11.9. The van der Waals surface area contributed by atoms with Gasteiger partial charge in [-0.3, -0.25) is 0 Å². The molecule has 23 heavy (non-hydrogen) atoms. The van der Waals surface area contributed by atoms with Crippen molar-refractivity contribution in [3.8, 4) is 0 Å². The minimum absolute atomic E-state index is 0.255. The molecule has 0 aliphatic rings. The molecule has 3 heteroatoms. The van der Waals surface area contributed by atoms with Crippen molar-refractivity contribution in [3.05, 3.63) is 89.0 Å². The third-order valence-electron chi connectivity index (χ3n) is 3.53. The lowest BCUT2D eigenvalue weighted by molar-refractivity contribution is -0.138. The van der Waals surface area contributed by atoms with Gasteiger partial charge in [-0.05, 0) is 40.1 Å². The number of benzene rings is 3. The largest absolute Gasteiger partial charge is 0.458 e. The molecule has 0 saturated carbocycles. The van der Waals surface area contributed by atoms with Gasteiger partial charge in [0, 0.05) is 11.1 Å². The number of hydrogen-bond donors (Lipinski definition) is 0. The van der Waals surface area contributed by atoms with E-state index in [1.807, 2.05) is 54.6 Å². The number of hydrogen-bond acceptors (Lipinski definition) is 2. The molecule has 0 radical (unpaired) electrons. The first-order valence-corrected chi connectivity index (χ1v) is 7.67. The van der Waals surface area contributed by atoms with E-state index in [0.717, 1.165) is 21.9 Å². The number of carbonyl (C=O) groups excluding carboxylic acids is 1. The second-order valence-corrected chi connectivity index (χ2v) is 5.57. The van der Waals surface area contributed by atoms with Gasteiger partial charge in [-0.15, -0.1) is 0 Å². The molecule has 2 nitrogen and oxygen atoms in total. The Morgan fingerprint density at radius 2 is 1.70 bits per heavy atom. The molecular formula is C20H15ClO2. The molecular weight excluding hydrogens is 308 g/mol. The van der Waals surface area contributed by atoms with E-state index in [1.165, 1.54) is 6.08 Å². The number of fused-ring (bicyclic) bond motifs is 1. The summed E-state index contributed by atoms with van der Waals surface area (Å²) < 4.78 is 5.33. The van der Waals surface area contributed by atoms with E-state index in [2.05, 4.69) is 0 Å². The van der Waals surface area contributed by atoms with Crippen LogP contribution in [0.5, 0.6) is 0 Å². The van der Waals surface area contributed by atoms with Crippen LogP contribution < -0.4 is 0 Å². The molecule has 3 aromatic carbocycles. The van der Waals surface area contributed by atoms with E-state index in [4.69, 9.17) is 16.3 Å². The summed E-state index contributed by atoms with van der Waals surface area (Å²) in [6, 6.07) is 21.3. The highest BCUT2D eigenvalue weighted by Gasteiger charge is 2.03. The molecule has 0 saturated heterocycles. The van der Waals surface area contributed by atoms with Gasteiger partial charge in [0.15, 0.2) is 0 Å².